The fourth-order valence-corrected chi connectivity index (χ4v) is 1.54. The zero-order valence-corrected chi connectivity index (χ0v) is 7.19. The molecule has 62 valence electrons. The normalized spacial score (nSPS) is 14.4. The summed E-state index contributed by atoms with van der Waals surface area (Å²) in [5.74, 6) is -0.120. The third-order valence-corrected chi connectivity index (χ3v) is 2.20. The Morgan fingerprint density at radius 2 is 2.08 bits per heavy atom. The molecular weight excluding hydrogens is 153 g/mol. The molecule has 0 N–H and O–H groups in total. The Kier molecular flexibility index (Phi) is 1.50. The molecule has 1 nitrogen and oxygen atoms in total. The van der Waals surface area contributed by atoms with E-state index in [4.69, 9.17) is 0 Å². The van der Waals surface area contributed by atoms with E-state index in [1.54, 1.807) is 6.07 Å². The predicted molar refractivity (Wildman–Crippen MR) is 47.1 cm³/mol. The summed E-state index contributed by atoms with van der Waals surface area (Å²) in [6.07, 6.45) is 0. The molecule has 0 aliphatic carbocycles. The summed E-state index contributed by atoms with van der Waals surface area (Å²) in [5, 5.41) is 0. The van der Waals surface area contributed by atoms with Gasteiger partial charge in [-0.25, -0.2) is 4.39 Å². The van der Waals surface area contributed by atoms with E-state index >= 15 is 0 Å². The van der Waals surface area contributed by atoms with Crippen LogP contribution in [0.25, 0.3) is 0 Å². The van der Waals surface area contributed by atoms with Crippen molar-refractivity contribution < 1.29 is 4.39 Å². The van der Waals surface area contributed by atoms with E-state index in [0.717, 1.165) is 22.4 Å². The topological polar surface area (TPSA) is 12.4 Å². The summed E-state index contributed by atoms with van der Waals surface area (Å²) >= 11 is 0. The van der Waals surface area contributed by atoms with E-state index in [-0.39, 0.29) is 5.82 Å². The Labute approximate surface area is 70.9 Å². The number of halogens is 1. The lowest BCUT2D eigenvalue weighted by molar-refractivity contribution is 0.611. The van der Waals surface area contributed by atoms with Crippen LogP contribution in [-0.4, -0.2) is 5.71 Å². The van der Waals surface area contributed by atoms with Crippen molar-refractivity contribution in [3.8, 4) is 0 Å². The van der Waals surface area contributed by atoms with Crippen LogP contribution in [0.5, 0.6) is 0 Å². The summed E-state index contributed by atoms with van der Waals surface area (Å²) < 4.78 is 13.3. The number of aliphatic imine (C=N–C) groups is 1. The van der Waals surface area contributed by atoms with Crippen LogP contribution in [0, 0.1) is 12.7 Å². The number of rotatable bonds is 0. The van der Waals surface area contributed by atoms with E-state index in [1.807, 2.05) is 19.9 Å². The lowest BCUT2D eigenvalue weighted by atomic mass is 10.0. The second kappa shape index (κ2) is 2.41. The molecule has 1 heterocycles. The first-order valence-electron chi connectivity index (χ1n) is 3.99. The van der Waals surface area contributed by atoms with E-state index in [2.05, 4.69) is 4.99 Å². The molecule has 0 amide bonds. The molecule has 0 atom stereocenters. The predicted octanol–water partition coefficient (Wildman–Crippen LogP) is 2.46. The Balaban J connectivity index is 2.67. The van der Waals surface area contributed by atoms with E-state index < -0.39 is 0 Å². The second-order valence-corrected chi connectivity index (χ2v) is 3.17. The molecule has 0 saturated heterocycles. The molecule has 0 bridgehead atoms. The van der Waals surface area contributed by atoms with E-state index in [0.29, 0.717) is 6.54 Å². The van der Waals surface area contributed by atoms with Crippen LogP contribution in [0.15, 0.2) is 17.1 Å². The maximum absolute atomic E-state index is 13.3. The summed E-state index contributed by atoms with van der Waals surface area (Å²) in [5.41, 5.74) is 3.64. The van der Waals surface area contributed by atoms with Gasteiger partial charge in [-0.05, 0) is 31.5 Å². The van der Waals surface area contributed by atoms with Crippen LogP contribution in [0.3, 0.4) is 0 Å². The largest absolute Gasteiger partial charge is 0.285 e. The quantitative estimate of drug-likeness (QED) is 0.557. The van der Waals surface area contributed by atoms with Crippen molar-refractivity contribution in [3.63, 3.8) is 0 Å². The SMILES string of the molecule is CC1=NCc2c(F)cc(C)cc21. The van der Waals surface area contributed by atoms with Gasteiger partial charge in [0.05, 0.1) is 6.54 Å². The molecule has 1 aliphatic rings. The van der Waals surface area contributed by atoms with Crippen molar-refractivity contribution in [2.24, 2.45) is 4.99 Å². The molecule has 1 aromatic carbocycles. The van der Waals surface area contributed by atoms with Crippen LogP contribution >= 0.6 is 0 Å². The molecule has 2 rings (SSSR count). The van der Waals surface area contributed by atoms with Gasteiger partial charge < -0.3 is 0 Å². The fourth-order valence-electron chi connectivity index (χ4n) is 1.54. The van der Waals surface area contributed by atoms with E-state index in [1.165, 1.54) is 0 Å². The highest BCUT2D eigenvalue weighted by Crippen LogP contribution is 2.23. The number of aryl methyl sites for hydroxylation is 1. The molecule has 0 fully saturated rings. The van der Waals surface area contributed by atoms with Gasteiger partial charge >= 0.3 is 0 Å². The molecular formula is C10H10FN. The van der Waals surface area contributed by atoms with Crippen molar-refractivity contribution >= 4 is 5.71 Å². The Morgan fingerprint density at radius 3 is 2.83 bits per heavy atom. The van der Waals surface area contributed by atoms with Gasteiger partial charge in [-0.1, -0.05) is 0 Å². The van der Waals surface area contributed by atoms with Gasteiger partial charge in [0.25, 0.3) is 0 Å². The fraction of sp³-hybridized carbons (Fsp3) is 0.300. The monoisotopic (exact) mass is 163 g/mol. The van der Waals surface area contributed by atoms with Gasteiger partial charge in [0.2, 0.25) is 0 Å². The molecule has 1 aliphatic heterocycles. The summed E-state index contributed by atoms with van der Waals surface area (Å²) in [7, 11) is 0. The number of hydrogen-bond acceptors (Lipinski definition) is 1. The molecule has 0 saturated carbocycles. The first-order valence-corrected chi connectivity index (χ1v) is 3.99. The standard InChI is InChI=1S/C10H10FN/c1-6-3-8-7(2)12-5-9(8)10(11)4-6/h3-4H,5H2,1-2H3. The van der Waals surface area contributed by atoms with Gasteiger partial charge in [0.15, 0.2) is 0 Å². The van der Waals surface area contributed by atoms with Crippen molar-refractivity contribution in [1.82, 2.24) is 0 Å². The van der Waals surface area contributed by atoms with Crippen molar-refractivity contribution in [1.29, 1.82) is 0 Å². The zero-order valence-electron chi connectivity index (χ0n) is 7.19. The van der Waals surface area contributed by atoms with Crippen LogP contribution < -0.4 is 0 Å². The number of benzene rings is 1. The van der Waals surface area contributed by atoms with Crippen molar-refractivity contribution in [2.45, 2.75) is 20.4 Å². The Bertz CT molecular complexity index is 366. The first kappa shape index (κ1) is 7.47. The average Bonchev–Trinajstić information content (AvgIpc) is 2.33. The minimum Gasteiger partial charge on any atom is -0.285 e. The van der Waals surface area contributed by atoms with Gasteiger partial charge in [-0.15, -0.1) is 0 Å². The zero-order chi connectivity index (χ0) is 8.72. The first-order chi connectivity index (χ1) is 5.68. The summed E-state index contributed by atoms with van der Waals surface area (Å²) in [6.45, 7) is 4.33. The Hall–Kier alpha value is -1.18. The molecule has 0 unspecified atom stereocenters. The third kappa shape index (κ3) is 0.951. The smallest absolute Gasteiger partial charge is 0.129 e. The third-order valence-electron chi connectivity index (χ3n) is 2.20. The Morgan fingerprint density at radius 1 is 1.33 bits per heavy atom. The van der Waals surface area contributed by atoms with Crippen LogP contribution in [0.1, 0.15) is 23.6 Å². The number of nitrogens with zero attached hydrogens (tertiary/aromatic N) is 1. The highest BCUT2D eigenvalue weighted by molar-refractivity contribution is 6.02. The van der Waals surface area contributed by atoms with Crippen LogP contribution in [0.4, 0.5) is 4.39 Å². The van der Waals surface area contributed by atoms with Gasteiger partial charge in [-0.3, -0.25) is 4.99 Å². The second-order valence-electron chi connectivity index (χ2n) is 3.17. The minimum absolute atomic E-state index is 0.120. The number of fused-ring (bicyclic) bond motifs is 1. The van der Waals surface area contributed by atoms with Gasteiger partial charge in [0, 0.05) is 16.8 Å². The molecule has 0 radical (unpaired) electrons. The molecule has 12 heavy (non-hydrogen) atoms. The number of hydrogen-bond donors (Lipinski definition) is 0. The molecule has 2 heteroatoms. The molecule has 0 aromatic heterocycles. The minimum atomic E-state index is -0.120. The molecule has 1 aromatic rings. The van der Waals surface area contributed by atoms with Gasteiger partial charge in [0.1, 0.15) is 5.82 Å². The van der Waals surface area contributed by atoms with E-state index in [9.17, 15) is 4.39 Å². The maximum Gasteiger partial charge on any atom is 0.129 e. The highest BCUT2D eigenvalue weighted by atomic mass is 19.1. The average molecular weight is 163 g/mol. The summed E-state index contributed by atoms with van der Waals surface area (Å²) in [6, 6.07) is 3.55. The highest BCUT2D eigenvalue weighted by Gasteiger charge is 2.16. The van der Waals surface area contributed by atoms with Crippen molar-refractivity contribution in [3.05, 3.63) is 34.6 Å². The maximum atomic E-state index is 13.3. The van der Waals surface area contributed by atoms with Crippen LogP contribution in [-0.2, 0) is 6.54 Å². The van der Waals surface area contributed by atoms with Gasteiger partial charge in [-0.2, -0.15) is 0 Å². The summed E-state index contributed by atoms with van der Waals surface area (Å²) in [4.78, 5) is 4.18. The van der Waals surface area contributed by atoms with Crippen molar-refractivity contribution in [2.75, 3.05) is 0 Å². The lowest BCUT2D eigenvalue weighted by Crippen LogP contribution is -1.95. The molecule has 0 spiro atoms. The lowest BCUT2D eigenvalue weighted by Gasteiger charge is -2.02. The van der Waals surface area contributed by atoms with Crippen LogP contribution in [0.2, 0.25) is 0 Å².